The number of nitrogens with zero attached hydrogens (tertiary/aromatic N) is 1. The molecule has 0 radical (unpaired) electrons. The first-order valence-corrected chi connectivity index (χ1v) is 3.87. The van der Waals surface area contributed by atoms with E-state index in [1.807, 2.05) is 0 Å². The average Bonchev–Trinajstić information content (AvgIpc) is 2.77. The van der Waals surface area contributed by atoms with Crippen LogP contribution in [0.2, 0.25) is 0 Å². The van der Waals surface area contributed by atoms with Crippen LogP contribution in [0.15, 0.2) is 12.2 Å². The second-order valence-corrected chi connectivity index (χ2v) is 3.18. The molecule has 2 rings (SSSR count). The highest BCUT2D eigenvalue weighted by Crippen LogP contribution is 2.43. The standard InChI is InChI=1S/C8H7NO4/c10-5-1-2-6(11)9(5)8(3-4-8)7(12)13/h1-2H,3-4H2,(H,12,13). The van der Waals surface area contributed by atoms with Crippen LogP contribution in [0.25, 0.3) is 0 Å². The molecule has 1 fully saturated rings. The molecule has 5 nitrogen and oxygen atoms in total. The van der Waals surface area contributed by atoms with Gasteiger partial charge in [0, 0.05) is 12.2 Å². The average molecular weight is 181 g/mol. The van der Waals surface area contributed by atoms with Crippen LogP contribution >= 0.6 is 0 Å². The number of aliphatic carboxylic acids is 1. The normalized spacial score (nSPS) is 23.8. The molecule has 1 aliphatic heterocycles. The second kappa shape index (κ2) is 2.18. The lowest BCUT2D eigenvalue weighted by atomic mass is 10.2. The molecule has 0 aromatic carbocycles. The number of amides is 2. The highest BCUT2D eigenvalue weighted by molar-refractivity contribution is 6.16. The summed E-state index contributed by atoms with van der Waals surface area (Å²) in [4.78, 5) is 33.9. The lowest BCUT2D eigenvalue weighted by Crippen LogP contribution is -2.47. The van der Waals surface area contributed by atoms with Crippen LogP contribution in [-0.2, 0) is 14.4 Å². The number of carbonyl (C=O) groups is 3. The summed E-state index contributed by atoms with van der Waals surface area (Å²) >= 11 is 0. The molecule has 2 amide bonds. The molecule has 0 bridgehead atoms. The fraction of sp³-hybridized carbons (Fsp3) is 0.375. The summed E-state index contributed by atoms with van der Waals surface area (Å²) in [5.74, 6) is -2.15. The molecule has 0 spiro atoms. The maximum absolute atomic E-state index is 11.1. The number of hydrogen-bond acceptors (Lipinski definition) is 3. The molecular weight excluding hydrogens is 174 g/mol. The quantitative estimate of drug-likeness (QED) is 0.584. The zero-order valence-corrected chi connectivity index (χ0v) is 6.69. The van der Waals surface area contributed by atoms with E-state index in [1.165, 1.54) is 0 Å². The molecule has 1 aliphatic carbocycles. The molecule has 0 saturated heterocycles. The predicted molar refractivity (Wildman–Crippen MR) is 40.6 cm³/mol. The number of rotatable bonds is 2. The van der Waals surface area contributed by atoms with Gasteiger partial charge >= 0.3 is 5.97 Å². The number of hydrogen-bond donors (Lipinski definition) is 1. The summed E-state index contributed by atoms with van der Waals surface area (Å²) in [6.45, 7) is 0. The van der Waals surface area contributed by atoms with Gasteiger partial charge in [0.05, 0.1) is 0 Å². The lowest BCUT2D eigenvalue weighted by Gasteiger charge is -2.21. The van der Waals surface area contributed by atoms with Gasteiger partial charge in [0.15, 0.2) is 0 Å². The maximum atomic E-state index is 11.1. The lowest BCUT2D eigenvalue weighted by molar-refractivity contribution is -0.155. The van der Waals surface area contributed by atoms with Gasteiger partial charge < -0.3 is 5.11 Å². The maximum Gasteiger partial charge on any atom is 0.330 e. The van der Waals surface area contributed by atoms with E-state index < -0.39 is 23.3 Å². The van der Waals surface area contributed by atoms with E-state index in [1.54, 1.807) is 0 Å². The van der Waals surface area contributed by atoms with Crippen LogP contribution in [-0.4, -0.2) is 33.3 Å². The van der Waals surface area contributed by atoms with Crippen molar-refractivity contribution in [2.45, 2.75) is 18.4 Å². The van der Waals surface area contributed by atoms with Crippen molar-refractivity contribution in [1.82, 2.24) is 4.90 Å². The molecule has 0 atom stereocenters. The third kappa shape index (κ3) is 0.898. The minimum atomic E-state index is -1.24. The number of carboxylic acid groups (broad SMARTS) is 1. The Balaban J connectivity index is 2.32. The van der Waals surface area contributed by atoms with Crippen LogP contribution in [0.5, 0.6) is 0 Å². The van der Waals surface area contributed by atoms with Gasteiger partial charge in [-0.15, -0.1) is 0 Å². The molecule has 1 saturated carbocycles. The predicted octanol–water partition coefficient (Wildman–Crippen LogP) is -0.471. The van der Waals surface area contributed by atoms with Crippen LogP contribution in [0.1, 0.15) is 12.8 Å². The van der Waals surface area contributed by atoms with Crippen molar-refractivity contribution in [3.8, 4) is 0 Å². The van der Waals surface area contributed by atoms with Gasteiger partial charge in [0.2, 0.25) is 0 Å². The zero-order chi connectivity index (χ0) is 9.64. The molecule has 1 N–H and O–H groups in total. The van der Waals surface area contributed by atoms with Crippen molar-refractivity contribution in [3.63, 3.8) is 0 Å². The van der Waals surface area contributed by atoms with Gasteiger partial charge in [-0.05, 0) is 12.8 Å². The molecular formula is C8H7NO4. The second-order valence-electron chi connectivity index (χ2n) is 3.18. The Morgan fingerprint density at radius 3 is 2.08 bits per heavy atom. The van der Waals surface area contributed by atoms with Crippen molar-refractivity contribution in [1.29, 1.82) is 0 Å². The first kappa shape index (κ1) is 7.97. The van der Waals surface area contributed by atoms with Gasteiger partial charge in [-0.3, -0.25) is 14.5 Å². The topological polar surface area (TPSA) is 74.7 Å². The highest BCUT2D eigenvalue weighted by Gasteiger charge is 2.59. The summed E-state index contributed by atoms with van der Waals surface area (Å²) in [6.07, 6.45) is 2.93. The molecule has 0 aromatic rings. The van der Waals surface area contributed by atoms with Crippen molar-refractivity contribution >= 4 is 17.8 Å². The van der Waals surface area contributed by atoms with Crippen molar-refractivity contribution in [2.24, 2.45) is 0 Å². The molecule has 0 unspecified atom stereocenters. The third-order valence-electron chi connectivity index (χ3n) is 2.36. The van der Waals surface area contributed by atoms with E-state index in [4.69, 9.17) is 5.11 Å². The van der Waals surface area contributed by atoms with Crippen LogP contribution in [0.4, 0.5) is 0 Å². The minimum absolute atomic E-state index is 0.363. The minimum Gasteiger partial charge on any atom is -0.479 e. The van der Waals surface area contributed by atoms with Gasteiger partial charge in [0.25, 0.3) is 11.8 Å². The summed E-state index contributed by atoms with van der Waals surface area (Å²) in [6, 6.07) is 0. The monoisotopic (exact) mass is 181 g/mol. The summed E-state index contributed by atoms with van der Waals surface area (Å²) in [5.41, 5.74) is -1.24. The first-order valence-electron chi connectivity index (χ1n) is 3.87. The first-order chi connectivity index (χ1) is 6.08. The van der Waals surface area contributed by atoms with Gasteiger partial charge in [-0.25, -0.2) is 4.79 Å². The van der Waals surface area contributed by atoms with Crippen LogP contribution < -0.4 is 0 Å². The largest absolute Gasteiger partial charge is 0.479 e. The van der Waals surface area contributed by atoms with Crippen molar-refractivity contribution in [2.75, 3.05) is 0 Å². The number of carbonyl (C=O) groups excluding carboxylic acids is 2. The molecule has 0 aromatic heterocycles. The summed E-state index contributed by atoms with van der Waals surface area (Å²) in [5, 5.41) is 8.83. The van der Waals surface area contributed by atoms with Crippen LogP contribution in [0.3, 0.4) is 0 Å². The Kier molecular flexibility index (Phi) is 1.34. The molecule has 13 heavy (non-hydrogen) atoms. The Hall–Kier alpha value is -1.65. The summed E-state index contributed by atoms with van der Waals surface area (Å²) < 4.78 is 0. The van der Waals surface area contributed by atoms with E-state index in [9.17, 15) is 14.4 Å². The van der Waals surface area contributed by atoms with E-state index in [0.29, 0.717) is 12.8 Å². The van der Waals surface area contributed by atoms with Gasteiger partial charge in [-0.1, -0.05) is 0 Å². The van der Waals surface area contributed by atoms with Gasteiger partial charge in [0.1, 0.15) is 5.54 Å². The number of carboxylic acids is 1. The fourth-order valence-corrected chi connectivity index (χ4v) is 1.47. The van der Waals surface area contributed by atoms with Gasteiger partial charge in [-0.2, -0.15) is 0 Å². The fourth-order valence-electron chi connectivity index (χ4n) is 1.47. The van der Waals surface area contributed by atoms with E-state index >= 15 is 0 Å². The van der Waals surface area contributed by atoms with E-state index in [2.05, 4.69) is 0 Å². The molecule has 68 valence electrons. The molecule has 1 heterocycles. The zero-order valence-electron chi connectivity index (χ0n) is 6.69. The molecule has 2 aliphatic rings. The summed E-state index contributed by atoms with van der Waals surface area (Å²) in [7, 11) is 0. The van der Waals surface area contributed by atoms with E-state index in [-0.39, 0.29) is 0 Å². The Morgan fingerprint density at radius 1 is 1.31 bits per heavy atom. The number of imide groups is 1. The Bertz CT molecular complexity index is 322. The van der Waals surface area contributed by atoms with E-state index in [0.717, 1.165) is 17.1 Å². The Morgan fingerprint density at radius 2 is 1.77 bits per heavy atom. The smallest absolute Gasteiger partial charge is 0.330 e. The van der Waals surface area contributed by atoms with Crippen molar-refractivity contribution in [3.05, 3.63) is 12.2 Å². The van der Waals surface area contributed by atoms with Crippen LogP contribution in [0, 0.1) is 0 Å². The Labute approximate surface area is 73.6 Å². The van der Waals surface area contributed by atoms with Crippen molar-refractivity contribution < 1.29 is 19.5 Å². The third-order valence-corrected chi connectivity index (χ3v) is 2.36. The molecule has 5 heteroatoms. The highest BCUT2D eigenvalue weighted by atomic mass is 16.4. The SMILES string of the molecule is O=C1C=CC(=O)N1C1(C(=O)O)CC1.